The predicted octanol–water partition coefficient (Wildman–Crippen LogP) is 6.81. The molecule has 0 aliphatic carbocycles. The van der Waals surface area contributed by atoms with Gasteiger partial charge in [-0.3, -0.25) is 4.99 Å². The van der Waals surface area contributed by atoms with Crippen molar-refractivity contribution >= 4 is 39.1 Å². The molecule has 4 rings (SSSR count). The molecule has 118 valence electrons. The van der Waals surface area contributed by atoms with Gasteiger partial charge in [-0.2, -0.15) is 0 Å². The van der Waals surface area contributed by atoms with E-state index in [-0.39, 0.29) is 0 Å². The van der Waals surface area contributed by atoms with Crippen LogP contribution in [0.25, 0.3) is 0 Å². The highest BCUT2D eigenvalue weighted by molar-refractivity contribution is 9.10. The molecule has 1 aliphatic rings. The molecule has 0 amide bonds. The van der Waals surface area contributed by atoms with Gasteiger partial charge in [-0.1, -0.05) is 70.5 Å². The summed E-state index contributed by atoms with van der Waals surface area (Å²) in [5.74, 6) is 0. The molecule has 3 heteroatoms. The maximum absolute atomic E-state index is 5.00. The van der Waals surface area contributed by atoms with Gasteiger partial charge >= 0.3 is 0 Å². The monoisotopic (exact) mass is 393 g/mol. The third-order valence-electron chi connectivity index (χ3n) is 4.12. The smallest absolute Gasteiger partial charge is 0.0769 e. The molecule has 0 bridgehead atoms. The zero-order chi connectivity index (χ0) is 16.4. The maximum atomic E-state index is 5.00. The minimum absolute atomic E-state index is 0.372. The first-order chi connectivity index (χ1) is 11.8. The van der Waals surface area contributed by atoms with Crippen LogP contribution in [0.2, 0.25) is 0 Å². The van der Waals surface area contributed by atoms with E-state index in [0.717, 1.165) is 22.3 Å². The van der Waals surface area contributed by atoms with Crippen molar-refractivity contribution in [3.05, 3.63) is 94.5 Å². The van der Waals surface area contributed by atoms with Gasteiger partial charge in [0.1, 0.15) is 0 Å². The Labute approximate surface area is 155 Å². The second-order valence-corrected chi connectivity index (χ2v) is 7.91. The van der Waals surface area contributed by atoms with Gasteiger partial charge in [-0.25, -0.2) is 0 Å². The van der Waals surface area contributed by atoms with Crippen molar-refractivity contribution in [2.75, 3.05) is 0 Å². The second kappa shape index (κ2) is 6.96. The van der Waals surface area contributed by atoms with E-state index in [1.54, 1.807) is 0 Å². The first-order valence-electron chi connectivity index (χ1n) is 7.94. The average molecular weight is 394 g/mol. The van der Waals surface area contributed by atoms with E-state index >= 15 is 0 Å². The molecule has 0 aromatic heterocycles. The number of halogens is 1. The lowest BCUT2D eigenvalue weighted by Gasteiger charge is -2.16. The SMILES string of the molecule is Brc1ccc(C2=Nc3ccccc3S[C@@H](c3ccccc3)C2)cc1. The van der Waals surface area contributed by atoms with E-state index in [9.17, 15) is 0 Å². The fraction of sp³-hybridized carbons (Fsp3) is 0.0952. The van der Waals surface area contributed by atoms with E-state index in [2.05, 4.69) is 94.8 Å². The Balaban J connectivity index is 1.80. The molecule has 0 saturated carbocycles. The first-order valence-corrected chi connectivity index (χ1v) is 9.61. The summed E-state index contributed by atoms with van der Waals surface area (Å²) in [7, 11) is 0. The van der Waals surface area contributed by atoms with Gasteiger partial charge in [0.25, 0.3) is 0 Å². The van der Waals surface area contributed by atoms with Gasteiger partial charge in [0.15, 0.2) is 0 Å². The van der Waals surface area contributed by atoms with Crippen molar-refractivity contribution < 1.29 is 0 Å². The number of benzene rings is 3. The normalized spacial score (nSPS) is 16.9. The third-order valence-corrected chi connectivity index (χ3v) is 5.97. The average Bonchev–Trinajstić information content (AvgIpc) is 2.83. The molecule has 0 radical (unpaired) electrons. The minimum Gasteiger partial charge on any atom is -0.252 e. The lowest BCUT2D eigenvalue weighted by Crippen LogP contribution is -2.05. The van der Waals surface area contributed by atoms with Crippen LogP contribution < -0.4 is 0 Å². The van der Waals surface area contributed by atoms with Crippen LogP contribution in [0.5, 0.6) is 0 Å². The van der Waals surface area contributed by atoms with E-state index < -0.39 is 0 Å². The largest absolute Gasteiger partial charge is 0.252 e. The summed E-state index contributed by atoms with van der Waals surface area (Å²) in [5, 5.41) is 0.372. The molecule has 24 heavy (non-hydrogen) atoms. The van der Waals surface area contributed by atoms with Gasteiger partial charge in [-0.05, 0) is 35.4 Å². The van der Waals surface area contributed by atoms with Crippen molar-refractivity contribution in [1.29, 1.82) is 0 Å². The molecule has 0 fully saturated rings. The molecular formula is C21H16BrNS. The Kier molecular flexibility index (Phi) is 4.54. The molecule has 3 aromatic rings. The van der Waals surface area contributed by atoms with Crippen LogP contribution in [0, 0.1) is 0 Å². The Morgan fingerprint density at radius 3 is 2.33 bits per heavy atom. The lowest BCUT2D eigenvalue weighted by molar-refractivity contribution is 1.01. The second-order valence-electron chi connectivity index (χ2n) is 5.75. The molecule has 0 unspecified atom stereocenters. The van der Waals surface area contributed by atoms with Crippen LogP contribution in [0.15, 0.2) is 93.2 Å². The molecular weight excluding hydrogens is 378 g/mol. The van der Waals surface area contributed by atoms with Gasteiger partial charge in [0.2, 0.25) is 0 Å². The Hall–Kier alpha value is -1.84. The maximum Gasteiger partial charge on any atom is 0.0769 e. The van der Waals surface area contributed by atoms with Gasteiger partial charge in [0.05, 0.1) is 5.69 Å². The Morgan fingerprint density at radius 1 is 0.833 bits per heavy atom. The summed E-state index contributed by atoms with van der Waals surface area (Å²) in [6.07, 6.45) is 0.922. The highest BCUT2D eigenvalue weighted by Gasteiger charge is 2.22. The number of rotatable bonds is 2. The molecule has 3 aromatic carbocycles. The van der Waals surface area contributed by atoms with Gasteiger partial charge in [0, 0.05) is 26.8 Å². The predicted molar refractivity (Wildman–Crippen MR) is 106 cm³/mol. The summed E-state index contributed by atoms with van der Waals surface area (Å²) in [6, 6.07) is 27.6. The number of para-hydroxylation sites is 1. The van der Waals surface area contributed by atoms with Crippen LogP contribution in [0.4, 0.5) is 5.69 Å². The van der Waals surface area contributed by atoms with Crippen LogP contribution in [-0.4, -0.2) is 5.71 Å². The highest BCUT2D eigenvalue weighted by atomic mass is 79.9. The Morgan fingerprint density at radius 2 is 1.54 bits per heavy atom. The van der Waals surface area contributed by atoms with Crippen molar-refractivity contribution in [1.82, 2.24) is 0 Å². The molecule has 0 N–H and O–H groups in total. The molecule has 0 spiro atoms. The lowest BCUT2D eigenvalue weighted by atomic mass is 10.0. The topological polar surface area (TPSA) is 12.4 Å². The highest BCUT2D eigenvalue weighted by Crippen LogP contribution is 2.45. The Bertz CT molecular complexity index is 872. The van der Waals surface area contributed by atoms with Crippen LogP contribution >= 0.6 is 27.7 Å². The summed E-state index contributed by atoms with van der Waals surface area (Å²) < 4.78 is 1.09. The number of hydrogen-bond acceptors (Lipinski definition) is 2. The number of thioether (sulfide) groups is 1. The number of aliphatic imine (C=N–C) groups is 1. The van der Waals surface area contributed by atoms with Crippen LogP contribution in [0.3, 0.4) is 0 Å². The zero-order valence-electron chi connectivity index (χ0n) is 13.0. The zero-order valence-corrected chi connectivity index (χ0v) is 15.4. The van der Waals surface area contributed by atoms with E-state index in [1.807, 2.05) is 11.8 Å². The summed E-state index contributed by atoms with van der Waals surface area (Å²) >= 11 is 5.42. The van der Waals surface area contributed by atoms with Crippen LogP contribution in [-0.2, 0) is 0 Å². The van der Waals surface area contributed by atoms with E-state index in [0.29, 0.717) is 5.25 Å². The van der Waals surface area contributed by atoms with Crippen molar-refractivity contribution in [2.24, 2.45) is 4.99 Å². The first kappa shape index (κ1) is 15.7. The van der Waals surface area contributed by atoms with Crippen molar-refractivity contribution in [3.63, 3.8) is 0 Å². The summed E-state index contributed by atoms with van der Waals surface area (Å²) in [5.41, 5.74) is 4.76. The van der Waals surface area contributed by atoms with Crippen molar-refractivity contribution in [2.45, 2.75) is 16.6 Å². The molecule has 1 atom stereocenters. The van der Waals surface area contributed by atoms with Crippen molar-refractivity contribution in [3.8, 4) is 0 Å². The number of nitrogens with zero attached hydrogens (tertiary/aromatic N) is 1. The molecule has 1 heterocycles. The minimum atomic E-state index is 0.372. The van der Waals surface area contributed by atoms with E-state index in [4.69, 9.17) is 4.99 Å². The molecule has 1 aliphatic heterocycles. The summed E-state index contributed by atoms with van der Waals surface area (Å²) in [4.78, 5) is 6.24. The fourth-order valence-electron chi connectivity index (χ4n) is 2.89. The standard InChI is InChI=1S/C21H16BrNS/c22-17-12-10-15(11-13-17)19-14-21(16-6-2-1-3-7-16)24-20-9-5-4-8-18(20)23-19/h1-13,21H,14H2/t21-/m1/s1. The summed E-state index contributed by atoms with van der Waals surface area (Å²) in [6.45, 7) is 0. The number of hydrogen-bond donors (Lipinski definition) is 0. The molecule has 1 nitrogen and oxygen atoms in total. The van der Waals surface area contributed by atoms with Gasteiger partial charge in [-0.15, -0.1) is 11.8 Å². The molecule has 0 saturated heterocycles. The fourth-order valence-corrected chi connectivity index (χ4v) is 4.39. The quantitative estimate of drug-likeness (QED) is 0.465. The van der Waals surface area contributed by atoms with Gasteiger partial charge < -0.3 is 0 Å². The van der Waals surface area contributed by atoms with Crippen LogP contribution in [0.1, 0.15) is 22.8 Å². The third kappa shape index (κ3) is 3.33. The van der Waals surface area contributed by atoms with E-state index in [1.165, 1.54) is 16.0 Å². The number of fused-ring (bicyclic) bond motifs is 1.